The number of nitrogens with one attached hydrogen (secondary N) is 2. The van der Waals surface area contributed by atoms with E-state index in [0.717, 1.165) is 17.1 Å². The molecule has 0 saturated carbocycles. The van der Waals surface area contributed by atoms with Crippen molar-refractivity contribution in [2.45, 2.75) is 46.3 Å². The molecule has 9 nitrogen and oxygen atoms in total. The number of rotatable bonds is 4. The van der Waals surface area contributed by atoms with E-state index >= 15 is 0 Å². The fraction of sp³-hybridized carbons (Fsp3) is 0.474. The lowest BCUT2D eigenvalue weighted by Gasteiger charge is -2.27. The van der Waals surface area contributed by atoms with Gasteiger partial charge in [0.25, 0.3) is 0 Å². The van der Waals surface area contributed by atoms with Gasteiger partial charge in [0.15, 0.2) is 0 Å². The van der Waals surface area contributed by atoms with Crippen LogP contribution >= 0.6 is 0 Å². The van der Waals surface area contributed by atoms with Crippen LogP contribution in [0, 0.1) is 0 Å². The molecule has 3 heterocycles. The summed E-state index contributed by atoms with van der Waals surface area (Å²) in [5.74, 6) is 0.390. The summed E-state index contributed by atoms with van der Waals surface area (Å²) in [7, 11) is 0. The molecule has 2 aromatic rings. The molecule has 2 aromatic heterocycles. The Morgan fingerprint density at radius 1 is 1.32 bits per heavy atom. The van der Waals surface area contributed by atoms with Gasteiger partial charge in [-0.2, -0.15) is 5.10 Å². The molecular weight excluding hydrogens is 362 g/mol. The smallest absolute Gasteiger partial charge is 0.412 e. The van der Waals surface area contributed by atoms with Crippen LogP contribution < -0.4 is 10.2 Å². The summed E-state index contributed by atoms with van der Waals surface area (Å²) in [6.07, 6.45) is 1.73. The maximum atomic E-state index is 12.0. The summed E-state index contributed by atoms with van der Waals surface area (Å²) in [5.41, 5.74) is 2.14. The lowest BCUT2D eigenvalue weighted by atomic mass is 10.0. The zero-order chi connectivity index (χ0) is 20.3. The molecule has 0 saturated heterocycles. The summed E-state index contributed by atoms with van der Waals surface area (Å²) in [6, 6.07) is 3.60. The van der Waals surface area contributed by atoms with E-state index in [1.165, 1.54) is 0 Å². The number of pyridine rings is 1. The molecule has 0 aliphatic carbocycles. The van der Waals surface area contributed by atoms with E-state index in [4.69, 9.17) is 9.47 Å². The van der Waals surface area contributed by atoms with Gasteiger partial charge in [-0.3, -0.25) is 10.4 Å². The third-order valence-corrected chi connectivity index (χ3v) is 4.12. The number of hydrogen-bond donors (Lipinski definition) is 2. The van der Waals surface area contributed by atoms with Crippen molar-refractivity contribution in [2.24, 2.45) is 0 Å². The first kappa shape index (κ1) is 19.7. The second kappa shape index (κ2) is 7.87. The highest BCUT2D eigenvalue weighted by Gasteiger charge is 2.26. The van der Waals surface area contributed by atoms with Gasteiger partial charge in [0.1, 0.15) is 17.1 Å². The predicted octanol–water partition coefficient (Wildman–Crippen LogP) is 2.89. The molecule has 9 heteroatoms. The summed E-state index contributed by atoms with van der Waals surface area (Å²) in [4.78, 5) is 30.3. The van der Waals surface area contributed by atoms with E-state index in [2.05, 4.69) is 25.4 Å². The Bertz CT molecular complexity index is 854. The topological polar surface area (TPSA) is 109 Å². The fourth-order valence-electron chi connectivity index (χ4n) is 2.95. The maximum absolute atomic E-state index is 12.0. The number of carbonyl (C=O) groups excluding carboxylic acids is 2. The molecule has 0 atom stereocenters. The maximum Gasteiger partial charge on any atom is 0.412 e. The molecule has 3 rings (SSSR count). The third-order valence-electron chi connectivity index (χ3n) is 4.12. The largest absolute Gasteiger partial charge is 0.461 e. The minimum Gasteiger partial charge on any atom is -0.461 e. The summed E-state index contributed by atoms with van der Waals surface area (Å²) in [6.45, 7) is 8.76. The molecule has 2 N–H and O–H groups in total. The number of esters is 1. The number of amides is 1. The van der Waals surface area contributed by atoms with Crippen LogP contribution in [0.2, 0.25) is 0 Å². The van der Waals surface area contributed by atoms with Crippen molar-refractivity contribution in [3.05, 3.63) is 35.3 Å². The summed E-state index contributed by atoms with van der Waals surface area (Å²) >= 11 is 0. The van der Waals surface area contributed by atoms with Crippen LogP contribution in [0.5, 0.6) is 0 Å². The molecule has 1 amide bonds. The van der Waals surface area contributed by atoms with Crippen molar-refractivity contribution < 1.29 is 19.1 Å². The summed E-state index contributed by atoms with van der Waals surface area (Å²) in [5, 5.41) is 9.71. The molecule has 0 aromatic carbocycles. The van der Waals surface area contributed by atoms with Gasteiger partial charge in [0.05, 0.1) is 30.7 Å². The second-order valence-corrected chi connectivity index (χ2v) is 7.45. The van der Waals surface area contributed by atoms with Gasteiger partial charge in [-0.05, 0) is 46.2 Å². The standard InChI is InChI=1S/C19H25N5O4/c1-5-27-17(25)16-13-8-9-24(11-14(13)22-23-16)15-7-6-12(10-20-15)21-18(26)28-19(2,3)4/h6-7,10H,5,8-9,11H2,1-4H3,(H,21,26)(H,22,23). The van der Waals surface area contributed by atoms with Gasteiger partial charge in [0, 0.05) is 12.1 Å². The number of ether oxygens (including phenoxy) is 2. The third kappa shape index (κ3) is 4.59. The molecule has 1 aliphatic heterocycles. The monoisotopic (exact) mass is 387 g/mol. The Hall–Kier alpha value is -3.10. The molecule has 28 heavy (non-hydrogen) atoms. The number of anilines is 2. The van der Waals surface area contributed by atoms with E-state index < -0.39 is 11.7 Å². The highest BCUT2D eigenvalue weighted by atomic mass is 16.6. The lowest BCUT2D eigenvalue weighted by Crippen LogP contribution is -2.31. The van der Waals surface area contributed by atoms with Crippen LogP contribution in [0.4, 0.5) is 16.3 Å². The Labute approximate surface area is 163 Å². The van der Waals surface area contributed by atoms with Crippen molar-refractivity contribution in [2.75, 3.05) is 23.4 Å². The summed E-state index contributed by atoms with van der Waals surface area (Å²) < 4.78 is 10.3. The predicted molar refractivity (Wildman–Crippen MR) is 103 cm³/mol. The van der Waals surface area contributed by atoms with Gasteiger partial charge in [0.2, 0.25) is 0 Å². The highest BCUT2D eigenvalue weighted by molar-refractivity contribution is 5.89. The minimum absolute atomic E-state index is 0.326. The zero-order valence-corrected chi connectivity index (χ0v) is 16.5. The lowest BCUT2D eigenvalue weighted by molar-refractivity contribution is 0.0517. The van der Waals surface area contributed by atoms with Gasteiger partial charge in [-0.25, -0.2) is 14.6 Å². The van der Waals surface area contributed by atoms with Crippen LogP contribution in [0.25, 0.3) is 0 Å². The van der Waals surface area contributed by atoms with E-state index in [1.807, 2.05) is 6.07 Å². The number of H-pyrrole nitrogens is 1. The first-order valence-electron chi connectivity index (χ1n) is 9.21. The molecule has 0 unspecified atom stereocenters. The fourth-order valence-corrected chi connectivity index (χ4v) is 2.95. The van der Waals surface area contributed by atoms with E-state index in [1.54, 1.807) is 40.0 Å². The average molecular weight is 387 g/mol. The van der Waals surface area contributed by atoms with Gasteiger partial charge < -0.3 is 14.4 Å². The van der Waals surface area contributed by atoms with Crippen molar-refractivity contribution in [3.8, 4) is 0 Å². The number of carbonyl (C=O) groups is 2. The normalized spacial score (nSPS) is 13.6. The van der Waals surface area contributed by atoms with E-state index in [-0.39, 0.29) is 5.97 Å². The quantitative estimate of drug-likeness (QED) is 0.776. The van der Waals surface area contributed by atoms with Crippen LogP contribution in [0.1, 0.15) is 49.4 Å². The molecule has 0 radical (unpaired) electrons. The first-order valence-corrected chi connectivity index (χ1v) is 9.21. The molecule has 0 spiro atoms. The number of hydrogen-bond acceptors (Lipinski definition) is 7. The van der Waals surface area contributed by atoms with Crippen LogP contribution in [-0.4, -0.2) is 46.0 Å². The van der Waals surface area contributed by atoms with Gasteiger partial charge in [-0.1, -0.05) is 0 Å². The van der Waals surface area contributed by atoms with Crippen molar-refractivity contribution in [1.29, 1.82) is 0 Å². The molecule has 0 fully saturated rings. The number of aromatic nitrogens is 3. The number of aromatic amines is 1. The number of fused-ring (bicyclic) bond motifs is 1. The number of nitrogens with zero attached hydrogens (tertiary/aromatic N) is 3. The Morgan fingerprint density at radius 2 is 2.11 bits per heavy atom. The van der Waals surface area contributed by atoms with Gasteiger partial charge in [-0.15, -0.1) is 0 Å². The highest BCUT2D eigenvalue weighted by Crippen LogP contribution is 2.25. The Balaban J connectivity index is 1.64. The SMILES string of the molecule is CCOC(=O)c1[nH]nc2c1CCN(c1ccc(NC(=O)OC(C)(C)C)cn1)C2. The van der Waals surface area contributed by atoms with E-state index in [0.29, 0.717) is 37.5 Å². The average Bonchev–Trinajstić information content (AvgIpc) is 3.04. The Morgan fingerprint density at radius 3 is 2.75 bits per heavy atom. The van der Waals surface area contributed by atoms with Crippen LogP contribution in [0.15, 0.2) is 18.3 Å². The Kier molecular flexibility index (Phi) is 5.53. The van der Waals surface area contributed by atoms with E-state index in [9.17, 15) is 9.59 Å². The van der Waals surface area contributed by atoms with Crippen LogP contribution in [0.3, 0.4) is 0 Å². The second-order valence-electron chi connectivity index (χ2n) is 7.45. The first-order chi connectivity index (χ1) is 13.3. The van der Waals surface area contributed by atoms with Crippen molar-refractivity contribution in [1.82, 2.24) is 15.2 Å². The van der Waals surface area contributed by atoms with Crippen LogP contribution in [-0.2, 0) is 22.4 Å². The molecule has 0 bridgehead atoms. The van der Waals surface area contributed by atoms with Gasteiger partial charge >= 0.3 is 12.1 Å². The minimum atomic E-state index is -0.561. The molecular formula is C19H25N5O4. The van der Waals surface area contributed by atoms with Crippen molar-refractivity contribution in [3.63, 3.8) is 0 Å². The molecule has 150 valence electrons. The molecule has 1 aliphatic rings. The zero-order valence-electron chi connectivity index (χ0n) is 16.5. The van der Waals surface area contributed by atoms with Crippen molar-refractivity contribution >= 4 is 23.6 Å².